The quantitative estimate of drug-likeness (QED) is 0.616. The highest BCUT2D eigenvalue weighted by molar-refractivity contribution is 7.92. The lowest BCUT2D eigenvalue weighted by molar-refractivity contribution is -0.118. The number of sulfone groups is 1. The van der Waals surface area contributed by atoms with Crippen LogP contribution < -0.4 is 11.1 Å². The third-order valence-corrected chi connectivity index (χ3v) is 4.60. The van der Waals surface area contributed by atoms with Gasteiger partial charge in [0.25, 0.3) is 0 Å². The van der Waals surface area contributed by atoms with E-state index < -0.39 is 27.3 Å². The van der Waals surface area contributed by atoms with Gasteiger partial charge in [-0.15, -0.1) is 0 Å². The standard InChI is InChI=1S/C12H15FN2O3S/c13-9-3-4-11(10(14)5-9)19(17,18)7-12(16)15-6-8-1-2-8/h3-5,8H,1-2,6-7,14H2,(H,15,16). The Kier molecular flexibility index (Phi) is 3.75. The van der Waals surface area contributed by atoms with Crippen LogP contribution in [0.25, 0.3) is 0 Å². The molecule has 0 unspecified atom stereocenters. The first-order valence-electron chi connectivity index (χ1n) is 5.93. The normalized spacial score (nSPS) is 15.2. The average molecular weight is 286 g/mol. The van der Waals surface area contributed by atoms with E-state index >= 15 is 0 Å². The Morgan fingerprint density at radius 3 is 2.68 bits per heavy atom. The zero-order chi connectivity index (χ0) is 14.0. The van der Waals surface area contributed by atoms with Crippen molar-refractivity contribution < 1.29 is 17.6 Å². The number of amides is 1. The van der Waals surface area contributed by atoms with Crippen molar-refractivity contribution >= 4 is 21.4 Å². The first-order chi connectivity index (χ1) is 8.88. The highest BCUT2D eigenvalue weighted by Gasteiger charge is 2.25. The number of anilines is 1. The molecular formula is C12H15FN2O3S. The number of carbonyl (C=O) groups excluding carboxylic acids is 1. The van der Waals surface area contributed by atoms with Crippen LogP contribution in [0.15, 0.2) is 23.1 Å². The molecule has 2 rings (SSSR count). The molecule has 1 saturated carbocycles. The fourth-order valence-corrected chi connectivity index (χ4v) is 2.98. The molecule has 1 aliphatic carbocycles. The first-order valence-corrected chi connectivity index (χ1v) is 7.58. The third kappa shape index (κ3) is 3.66. The molecule has 0 atom stereocenters. The monoisotopic (exact) mass is 286 g/mol. The Balaban J connectivity index is 2.05. The maximum atomic E-state index is 12.9. The molecule has 0 heterocycles. The summed E-state index contributed by atoms with van der Waals surface area (Å²) in [5.41, 5.74) is 5.28. The van der Waals surface area contributed by atoms with Gasteiger partial charge in [-0.3, -0.25) is 4.79 Å². The molecule has 1 aromatic rings. The number of benzene rings is 1. The number of hydrogen-bond acceptors (Lipinski definition) is 4. The van der Waals surface area contributed by atoms with Crippen LogP contribution in [0.4, 0.5) is 10.1 Å². The second-order valence-corrected chi connectivity index (χ2v) is 6.65. The van der Waals surface area contributed by atoms with Crippen LogP contribution >= 0.6 is 0 Å². The molecule has 0 spiro atoms. The molecule has 1 amide bonds. The summed E-state index contributed by atoms with van der Waals surface area (Å²) in [7, 11) is -3.84. The van der Waals surface area contributed by atoms with Gasteiger partial charge in [0.15, 0.2) is 9.84 Å². The van der Waals surface area contributed by atoms with Crippen molar-refractivity contribution in [3.63, 3.8) is 0 Å². The van der Waals surface area contributed by atoms with Crippen molar-refractivity contribution in [2.45, 2.75) is 17.7 Å². The minimum Gasteiger partial charge on any atom is -0.398 e. The molecule has 0 saturated heterocycles. The fourth-order valence-electron chi connectivity index (χ4n) is 1.68. The van der Waals surface area contributed by atoms with E-state index in [9.17, 15) is 17.6 Å². The van der Waals surface area contributed by atoms with Crippen LogP contribution in [0.5, 0.6) is 0 Å². The zero-order valence-corrected chi connectivity index (χ0v) is 11.0. The van der Waals surface area contributed by atoms with Gasteiger partial charge in [-0.05, 0) is 37.0 Å². The molecule has 0 bridgehead atoms. The summed E-state index contributed by atoms with van der Waals surface area (Å²) < 4.78 is 36.8. The van der Waals surface area contributed by atoms with Crippen LogP contribution in [0.1, 0.15) is 12.8 Å². The van der Waals surface area contributed by atoms with Crippen LogP contribution in [0.3, 0.4) is 0 Å². The Hall–Kier alpha value is -1.63. The number of carbonyl (C=O) groups is 1. The summed E-state index contributed by atoms with van der Waals surface area (Å²) in [5, 5.41) is 2.57. The van der Waals surface area contributed by atoms with Crippen molar-refractivity contribution in [3.8, 4) is 0 Å². The van der Waals surface area contributed by atoms with E-state index in [0.29, 0.717) is 12.5 Å². The van der Waals surface area contributed by atoms with Crippen molar-refractivity contribution in [1.82, 2.24) is 5.32 Å². The second-order valence-electron chi connectivity index (χ2n) is 4.69. The molecule has 0 aromatic heterocycles. The van der Waals surface area contributed by atoms with Gasteiger partial charge in [-0.2, -0.15) is 0 Å². The van der Waals surface area contributed by atoms with Gasteiger partial charge in [0.1, 0.15) is 11.6 Å². The molecule has 1 aromatic carbocycles. The summed E-state index contributed by atoms with van der Waals surface area (Å²) in [4.78, 5) is 11.3. The van der Waals surface area contributed by atoms with E-state index in [1.807, 2.05) is 0 Å². The summed E-state index contributed by atoms with van der Waals surface area (Å²) in [5.74, 6) is -1.37. The molecular weight excluding hydrogens is 271 g/mol. The van der Waals surface area contributed by atoms with Gasteiger partial charge in [-0.25, -0.2) is 12.8 Å². The van der Waals surface area contributed by atoms with Gasteiger partial charge < -0.3 is 11.1 Å². The Bertz CT molecular complexity index is 597. The van der Waals surface area contributed by atoms with Crippen molar-refractivity contribution in [3.05, 3.63) is 24.0 Å². The Morgan fingerprint density at radius 2 is 2.11 bits per heavy atom. The number of nitrogens with two attached hydrogens (primary N) is 1. The minimum atomic E-state index is -3.84. The molecule has 104 valence electrons. The van der Waals surface area contributed by atoms with E-state index in [1.54, 1.807) is 0 Å². The van der Waals surface area contributed by atoms with E-state index in [2.05, 4.69) is 5.32 Å². The van der Waals surface area contributed by atoms with Gasteiger partial charge in [0.05, 0.1) is 10.6 Å². The summed E-state index contributed by atoms with van der Waals surface area (Å²) in [6.45, 7) is 0.507. The van der Waals surface area contributed by atoms with Crippen LogP contribution in [-0.2, 0) is 14.6 Å². The predicted octanol–water partition coefficient (Wildman–Crippen LogP) is 0.708. The molecule has 5 nitrogen and oxygen atoms in total. The smallest absolute Gasteiger partial charge is 0.235 e. The molecule has 7 heteroatoms. The lowest BCUT2D eigenvalue weighted by Crippen LogP contribution is -2.32. The van der Waals surface area contributed by atoms with Crippen LogP contribution in [0.2, 0.25) is 0 Å². The molecule has 1 fully saturated rings. The number of hydrogen-bond donors (Lipinski definition) is 2. The number of rotatable bonds is 5. The van der Waals surface area contributed by atoms with Crippen molar-refractivity contribution in [1.29, 1.82) is 0 Å². The molecule has 3 N–H and O–H groups in total. The average Bonchev–Trinajstić information content (AvgIpc) is 3.08. The van der Waals surface area contributed by atoms with E-state index in [1.165, 1.54) is 0 Å². The predicted molar refractivity (Wildman–Crippen MR) is 68.6 cm³/mol. The van der Waals surface area contributed by atoms with Crippen molar-refractivity contribution in [2.24, 2.45) is 5.92 Å². The van der Waals surface area contributed by atoms with Crippen LogP contribution in [-0.4, -0.2) is 26.6 Å². The highest BCUT2D eigenvalue weighted by atomic mass is 32.2. The molecule has 19 heavy (non-hydrogen) atoms. The Morgan fingerprint density at radius 1 is 1.42 bits per heavy atom. The van der Waals surface area contributed by atoms with Crippen molar-refractivity contribution in [2.75, 3.05) is 18.0 Å². The lowest BCUT2D eigenvalue weighted by Gasteiger charge is -2.08. The maximum absolute atomic E-state index is 12.9. The molecule has 0 radical (unpaired) electrons. The lowest BCUT2D eigenvalue weighted by atomic mass is 10.3. The van der Waals surface area contributed by atoms with Crippen LogP contribution in [0, 0.1) is 11.7 Å². The maximum Gasteiger partial charge on any atom is 0.235 e. The first kappa shape index (κ1) is 13.8. The minimum absolute atomic E-state index is 0.185. The van der Waals surface area contributed by atoms with E-state index in [-0.39, 0.29) is 10.6 Å². The van der Waals surface area contributed by atoms with Gasteiger partial charge in [0.2, 0.25) is 5.91 Å². The highest BCUT2D eigenvalue weighted by Crippen LogP contribution is 2.27. The van der Waals surface area contributed by atoms with Gasteiger partial charge in [-0.1, -0.05) is 0 Å². The fraction of sp³-hybridized carbons (Fsp3) is 0.417. The SMILES string of the molecule is Nc1cc(F)ccc1S(=O)(=O)CC(=O)NCC1CC1. The zero-order valence-electron chi connectivity index (χ0n) is 10.2. The second kappa shape index (κ2) is 5.16. The number of nitrogen functional groups attached to an aromatic ring is 1. The van der Waals surface area contributed by atoms with Gasteiger partial charge >= 0.3 is 0 Å². The molecule has 1 aliphatic rings. The summed E-state index contributed by atoms with van der Waals surface area (Å²) in [6, 6.07) is 3.01. The Labute approximate surface area is 110 Å². The number of halogens is 1. The molecule has 0 aliphatic heterocycles. The largest absolute Gasteiger partial charge is 0.398 e. The van der Waals surface area contributed by atoms with E-state index in [0.717, 1.165) is 31.0 Å². The third-order valence-electron chi connectivity index (χ3n) is 2.91. The topological polar surface area (TPSA) is 89.3 Å². The van der Waals surface area contributed by atoms with Gasteiger partial charge in [0, 0.05) is 6.54 Å². The summed E-state index contributed by atoms with van der Waals surface area (Å²) in [6.07, 6.45) is 2.13. The number of nitrogens with one attached hydrogen (secondary N) is 1. The summed E-state index contributed by atoms with van der Waals surface area (Å²) >= 11 is 0. The van der Waals surface area contributed by atoms with E-state index in [4.69, 9.17) is 5.73 Å².